The average molecular weight is 279 g/mol. The van der Waals surface area contributed by atoms with Crippen molar-refractivity contribution in [1.29, 1.82) is 0 Å². The fourth-order valence-electron chi connectivity index (χ4n) is 1.56. The van der Waals surface area contributed by atoms with Crippen LogP contribution < -0.4 is 0 Å². The highest BCUT2D eigenvalue weighted by molar-refractivity contribution is 8.00. The Morgan fingerprint density at radius 2 is 2.12 bits per heavy atom. The second kappa shape index (κ2) is 4.91. The van der Waals surface area contributed by atoms with E-state index in [2.05, 4.69) is 0 Å². The highest BCUT2D eigenvalue weighted by Gasteiger charge is 2.26. The number of rotatable bonds is 3. The zero-order valence-corrected chi connectivity index (χ0v) is 10.5. The summed E-state index contributed by atoms with van der Waals surface area (Å²) in [6.07, 6.45) is 0. The number of halogens is 2. The summed E-state index contributed by atoms with van der Waals surface area (Å²) in [6, 6.07) is 2.84. The standard InChI is InChI=1S/C10H11F2NO2S2/c11-9-1-2-10(12)8(5-9)6-17(14,15)13-3-4-16-7-13/h1-2,5H,3-4,6-7H2. The molecule has 94 valence electrons. The van der Waals surface area contributed by atoms with Gasteiger partial charge in [-0.2, -0.15) is 4.31 Å². The Kier molecular flexibility index (Phi) is 3.70. The topological polar surface area (TPSA) is 37.4 Å². The molecule has 1 aliphatic rings. The maximum absolute atomic E-state index is 13.3. The van der Waals surface area contributed by atoms with Crippen molar-refractivity contribution in [3.05, 3.63) is 35.4 Å². The van der Waals surface area contributed by atoms with Crippen LogP contribution >= 0.6 is 11.8 Å². The molecule has 7 heteroatoms. The lowest BCUT2D eigenvalue weighted by Gasteiger charge is -2.14. The van der Waals surface area contributed by atoms with E-state index in [4.69, 9.17) is 0 Å². The molecule has 0 amide bonds. The van der Waals surface area contributed by atoms with Gasteiger partial charge >= 0.3 is 0 Å². The van der Waals surface area contributed by atoms with Crippen LogP contribution in [0.1, 0.15) is 5.56 Å². The Balaban J connectivity index is 2.22. The maximum atomic E-state index is 13.3. The summed E-state index contributed by atoms with van der Waals surface area (Å²) in [7, 11) is -3.55. The Morgan fingerprint density at radius 3 is 2.76 bits per heavy atom. The lowest BCUT2D eigenvalue weighted by atomic mass is 10.2. The summed E-state index contributed by atoms with van der Waals surface area (Å²) in [6.45, 7) is 0.434. The van der Waals surface area contributed by atoms with Gasteiger partial charge in [0.05, 0.1) is 11.6 Å². The van der Waals surface area contributed by atoms with Gasteiger partial charge in [0.25, 0.3) is 0 Å². The van der Waals surface area contributed by atoms with Crippen LogP contribution in [0.15, 0.2) is 18.2 Å². The van der Waals surface area contributed by atoms with Gasteiger partial charge in [-0.25, -0.2) is 17.2 Å². The lowest BCUT2D eigenvalue weighted by molar-refractivity contribution is 0.486. The normalized spacial score (nSPS) is 17.5. The number of sulfonamides is 1. The van der Waals surface area contributed by atoms with Gasteiger partial charge in [-0.3, -0.25) is 0 Å². The molecular formula is C10H11F2NO2S2. The van der Waals surface area contributed by atoms with Gasteiger partial charge in [0, 0.05) is 17.9 Å². The molecular weight excluding hydrogens is 268 g/mol. The molecule has 0 bridgehead atoms. The molecule has 0 unspecified atom stereocenters. The van der Waals surface area contributed by atoms with E-state index in [9.17, 15) is 17.2 Å². The van der Waals surface area contributed by atoms with E-state index in [-0.39, 0.29) is 5.56 Å². The van der Waals surface area contributed by atoms with Crippen molar-refractivity contribution in [3.63, 3.8) is 0 Å². The molecule has 0 radical (unpaired) electrons. The van der Waals surface area contributed by atoms with E-state index in [0.29, 0.717) is 12.4 Å². The molecule has 0 aromatic heterocycles. The number of benzene rings is 1. The molecule has 1 aromatic rings. The van der Waals surface area contributed by atoms with Crippen LogP contribution in [0.3, 0.4) is 0 Å². The lowest BCUT2D eigenvalue weighted by Crippen LogP contribution is -2.29. The van der Waals surface area contributed by atoms with Gasteiger partial charge in [-0.1, -0.05) is 0 Å². The summed E-state index contributed by atoms with van der Waals surface area (Å²) in [5.74, 6) is -0.685. The third-order valence-corrected chi connectivity index (χ3v) is 5.36. The fraction of sp³-hybridized carbons (Fsp3) is 0.400. The molecule has 0 atom stereocenters. The maximum Gasteiger partial charge on any atom is 0.219 e. The summed E-state index contributed by atoms with van der Waals surface area (Å²) in [4.78, 5) is 0. The second-order valence-corrected chi connectivity index (χ2v) is 6.75. The quantitative estimate of drug-likeness (QED) is 0.846. The van der Waals surface area contributed by atoms with Crippen LogP contribution in [0.25, 0.3) is 0 Å². The molecule has 2 rings (SSSR count). The summed E-state index contributed by atoms with van der Waals surface area (Å²) in [5, 5.41) is 0. The highest BCUT2D eigenvalue weighted by atomic mass is 32.2. The van der Waals surface area contributed by atoms with Gasteiger partial charge in [0.15, 0.2) is 0 Å². The molecule has 0 spiro atoms. The van der Waals surface area contributed by atoms with Crippen molar-refractivity contribution in [2.45, 2.75) is 5.75 Å². The molecule has 17 heavy (non-hydrogen) atoms. The summed E-state index contributed by atoms with van der Waals surface area (Å²) < 4.78 is 51.3. The van der Waals surface area contributed by atoms with E-state index < -0.39 is 27.4 Å². The smallest absolute Gasteiger partial charge is 0.212 e. The van der Waals surface area contributed by atoms with Crippen LogP contribution in [0.2, 0.25) is 0 Å². The first-order valence-electron chi connectivity index (χ1n) is 4.98. The number of hydrogen-bond acceptors (Lipinski definition) is 3. The first-order valence-corrected chi connectivity index (χ1v) is 7.75. The van der Waals surface area contributed by atoms with Gasteiger partial charge in [-0.05, 0) is 18.2 Å². The fourth-order valence-corrected chi connectivity index (χ4v) is 4.52. The van der Waals surface area contributed by atoms with Gasteiger partial charge < -0.3 is 0 Å². The van der Waals surface area contributed by atoms with Crippen molar-refractivity contribution in [2.24, 2.45) is 0 Å². The van der Waals surface area contributed by atoms with Crippen molar-refractivity contribution >= 4 is 21.8 Å². The largest absolute Gasteiger partial charge is 0.219 e. The number of thioether (sulfide) groups is 1. The van der Waals surface area contributed by atoms with Crippen LogP contribution in [-0.4, -0.2) is 30.9 Å². The monoisotopic (exact) mass is 279 g/mol. The van der Waals surface area contributed by atoms with Crippen LogP contribution in [0.4, 0.5) is 8.78 Å². The minimum atomic E-state index is -3.55. The average Bonchev–Trinajstić information content (AvgIpc) is 2.77. The SMILES string of the molecule is O=S(=O)(Cc1cc(F)ccc1F)N1CCSC1. The van der Waals surface area contributed by atoms with E-state index in [1.165, 1.54) is 16.1 Å². The minimum Gasteiger partial charge on any atom is -0.212 e. The van der Waals surface area contributed by atoms with Crippen molar-refractivity contribution in [3.8, 4) is 0 Å². The summed E-state index contributed by atoms with van der Waals surface area (Å²) in [5.41, 5.74) is -0.123. The van der Waals surface area contributed by atoms with E-state index >= 15 is 0 Å². The third kappa shape index (κ3) is 2.97. The zero-order valence-electron chi connectivity index (χ0n) is 8.90. The predicted molar refractivity (Wildman–Crippen MR) is 63.0 cm³/mol. The molecule has 0 N–H and O–H groups in total. The van der Waals surface area contributed by atoms with E-state index in [1.807, 2.05) is 0 Å². The molecule has 1 saturated heterocycles. The Labute approximate surface area is 103 Å². The summed E-state index contributed by atoms with van der Waals surface area (Å²) >= 11 is 1.51. The second-order valence-electron chi connectivity index (χ2n) is 3.70. The Hall–Kier alpha value is -0.660. The number of nitrogens with zero attached hydrogens (tertiary/aromatic N) is 1. The number of hydrogen-bond donors (Lipinski definition) is 0. The molecule has 1 heterocycles. The van der Waals surface area contributed by atoms with Crippen molar-refractivity contribution < 1.29 is 17.2 Å². The Bertz CT molecular complexity index is 513. The predicted octanol–water partition coefficient (Wildman–Crippen LogP) is 1.80. The molecule has 1 fully saturated rings. The van der Waals surface area contributed by atoms with Crippen LogP contribution in [0.5, 0.6) is 0 Å². The van der Waals surface area contributed by atoms with Crippen molar-refractivity contribution in [1.82, 2.24) is 4.31 Å². The third-order valence-electron chi connectivity index (χ3n) is 2.46. The molecule has 1 aromatic carbocycles. The van der Waals surface area contributed by atoms with E-state index in [0.717, 1.165) is 24.0 Å². The molecule has 0 aliphatic carbocycles. The molecule has 1 aliphatic heterocycles. The first kappa shape index (κ1) is 12.8. The van der Waals surface area contributed by atoms with Gasteiger partial charge in [0.1, 0.15) is 11.6 Å². The zero-order chi connectivity index (χ0) is 12.5. The Morgan fingerprint density at radius 1 is 1.35 bits per heavy atom. The van der Waals surface area contributed by atoms with Crippen LogP contribution in [0, 0.1) is 11.6 Å². The molecule has 3 nitrogen and oxygen atoms in total. The van der Waals surface area contributed by atoms with Crippen LogP contribution in [-0.2, 0) is 15.8 Å². The minimum absolute atomic E-state index is 0.123. The van der Waals surface area contributed by atoms with Crippen molar-refractivity contribution in [2.75, 3.05) is 18.2 Å². The highest BCUT2D eigenvalue weighted by Crippen LogP contribution is 2.21. The first-order chi connectivity index (χ1) is 7.99. The van der Waals surface area contributed by atoms with Gasteiger partial charge in [0.2, 0.25) is 10.0 Å². The molecule has 0 saturated carbocycles. The van der Waals surface area contributed by atoms with E-state index in [1.54, 1.807) is 0 Å². The van der Waals surface area contributed by atoms with Gasteiger partial charge in [-0.15, -0.1) is 11.8 Å².